The number of hydrogen-bond donors (Lipinski definition) is 1. The Labute approximate surface area is 140 Å². The van der Waals surface area contributed by atoms with Crippen molar-refractivity contribution in [1.29, 1.82) is 0 Å². The predicted molar refractivity (Wildman–Crippen MR) is 90.5 cm³/mol. The molecule has 0 bridgehead atoms. The van der Waals surface area contributed by atoms with Gasteiger partial charge in [0.05, 0.1) is 0 Å². The predicted octanol–water partition coefficient (Wildman–Crippen LogP) is 2.98. The number of aryl methyl sites for hydroxylation is 2. The molecule has 0 aliphatic carbocycles. The van der Waals surface area contributed by atoms with E-state index in [1.54, 1.807) is 24.0 Å². The van der Waals surface area contributed by atoms with E-state index >= 15 is 0 Å². The second-order valence-electron chi connectivity index (χ2n) is 6.10. The topological polar surface area (TPSA) is 49.4 Å². The van der Waals surface area contributed by atoms with Crippen LogP contribution in [0, 0.1) is 19.7 Å². The zero-order valence-corrected chi connectivity index (χ0v) is 13.7. The number of nitrogens with zero attached hydrogens (tertiary/aromatic N) is 1. The van der Waals surface area contributed by atoms with E-state index in [-0.39, 0.29) is 11.5 Å². The van der Waals surface area contributed by atoms with Crippen LogP contribution in [0.1, 0.15) is 27.9 Å². The molecule has 2 aromatic rings. The smallest absolute Gasteiger partial charge is 0.252 e. The van der Waals surface area contributed by atoms with Crippen molar-refractivity contribution in [3.05, 3.63) is 65.0 Å². The minimum Gasteiger partial charge on any atom is -0.340 e. The summed E-state index contributed by atoms with van der Waals surface area (Å²) in [5.74, 6) is -1.00. The molecule has 1 aliphatic heterocycles. The number of carbonyl (C=O) groups excluding carboxylic acids is 2. The van der Waals surface area contributed by atoms with Gasteiger partial charge in [0.15, 0.2) is 0 Å². The Morgan fingerprint density at radius 1 is 1.17 bits per heavy atom. The molecule has 1 unspecified atom stereocenters. The standard InChI is InChI=1S/C19H19FN2O2/c1-12-3-7-15(8-4-12)22-10-9-17(19(22)24)21-18(23)14-6-5-13(2)16(20)11-14/h3-8,11,17H,9-10H2,1-2H3,(H,21,23). The van der Waals surface area contributed by atoms with E-state index in [1.807, 2.05) is 31.2 Å². The maximum absolute atomic E-state index is 13.6. The lowest BCUT2D eigenvalue weighted by Gasteiger charge is -2.17. The summed E-state index contributed by atoms with van der Waals surface area (Å²) in [6.07, 6.45) is 0.535. The lowest BCUT2D eigenvalue weighted by Crippen LogP contribution is -2.41. The Hall–Kier alpha value is -2.69. The molecular weight excluding hydrogens is 307 g/mol. The van der Waals surface area contributed by atoms with Crippen LogP contribution in [0.2, 0.25) is 0 Å². The summed E-state index contributed by atoms with van der Waals surface area (Å²) in [6, 6.07) is 11.4. The molecule has 5 heteroatoms. The van der Waals surface area contributed by atoms with Gasteiger partial charge in [-0.15, -0.1) is 0 Å². The van der Waals surface area contributed by atoms with Crippen LogP contribution in [0.5, 0.6) is 0 Å². The third kappa shape index (κ3) is 3.15. The van der Waals surface area contributed by atoms with Crippen LogP contribution in [0.4, 0.5) is 10.1 Å². The fraction of sp³-hybridized carbons (Fsp3) is 0.263. The van der Waals surface area contributed by atoms with Gasteiger partial charge in [0, 0.05) is 17.8 Å². The number of rotatable bonds is 3. The minimum absolute atomic E-state index is 0.139. The molecule has 24 heavy (non-hydrogen) atoms. The van der Waals surface area contributed by atoms with E-state index in [9.17, 15) is 14.0 Å². The highest BCUT2D eigenvalue weighted by atomic mass is 19.1. The Kier molecular flexibility index (Phi) is 4.34. The Bertz CT molecular complexity index is 786. The fourth-order valence-corrected chi connectivity index (χ4v) is 2.77. The number of carbonyl (C=O) groups is 2. The van der Waals surface area contributed by atoms with Gasteiger partial charge in [0.2, 0.25) is 5.91 Å². The molecule has 0 spiro atoms. The van der Waals surface area contributed by atoms with Gasteiger partial charge in [-0.2, -0.15) is 0 Å². The molecule has 0 radical (unpaired) electrons. The first-order valence-corrected chi connectivity index (χ1v) is 7.91. The zero-order valence-electron chi connectivity index (χ0n) is 13.7. The van der Waals surface area contributed by atoms with Crippen molar-refractivity contribution in [2.24, 2.45) is 0 Å². The summed E-state index contributed by atoms with van der Waals surface area (Å²) in [4.78, 5) is 26.4. The van der Waals surface area contributed by atoms with Gasteiger partial charge in [0.1, 0.15) is 11.9 Å². The van der Waals surface area contributed by atoms with Crippen molar-refractivity contribution in [2.75, 3.05) is 11.4 Å². The summed E-state index contributed by atoms with van der Waals surface area (Å²) in [5, 5.41) is 2.71. The molecule has 1 aliphatic rings. The average molecular weight is 326 g/mol. The van der Waals surface area contributed by atoms with Gasteiger partial charge >= 0.3 is 0 Å². The molecule has 0 saturated carbocycles. The van der Waals surface area contributed by atoms with Crippen molar-refractivity contribution < 1.29 is 14.0 Å². The van der Waals surface area contributed by atoms with Crippen molar-refractivity contribution in [3.63, 3.8) is 0 Å². The highest BCUT2D eigenvalue weighted by molar-refractivity contribution is 6.03. The monoisotopic (exact) mass is 326 g/mol. The third-order valence-electron chi connectivity index (χ3n) is 4.29. The molecule has 3 rings (SSSR count). The molecule has 1 N–H and O–H groups in total. The maximum Gasteiger partial charge on any atom is 0.252 e. The van der Waals surface area contributed by atoms with Crippen LogP contribution < -0.4 is 10.2 Å². The molecule has 0 aromatic heterocycles. The fourth-order valence-electron chi connectivity index (χ4n) is 2.77. The van der Waals surface area contributed by atoms with Crippen molar-refractivity contribution >= 4 is 17.5 Å². The summed E-state index contributed by atoms with van der Waals surface area (Å²) < 4.78 is 13.6. The van der Waals surface area contributed by atoms with E-state index in [1.165, 1.54) is 6.07 Å². The third-order valence-corrected chi connectivity index (χ3v) is 4.29. The first kappa shape index (κ1) is 16.2. The normalized spacial score (nSPS) is 17.2. The molecule has 124 valence electrons. The molecule has 1 atom stereocenters. The summed E-state index contributed by atoms with van der Waals surface area (Å²) >= 11 is 0. The number of hydrogen-bond acceptors (Lipinski definition) is 2. The van der Waals surface area contributed by atoms with E-state index in [0.29, 0.717) is 18.5 Å². The summed E-state index contributed by atoms with van der Waals surface area (Å²) in [7, 11) is 0. The second-order valence-corrected chi connectivity index (χ2v) is 6.10. The van der Waals surface area contributed by atoms with Crippen LogP contribution in [-0.4, -0.2) is 24.4 Å². The van der Waals surface area contributed by atoms with Crippen molar-refractivity contribution in [3.8, 4) is 0 Å². The molecule has 1 fully saturated rings. The summed E-state index contributed by atoms with van der Waals surface area (Å²) in [6.45, 7) is 4.17. The maximum atomic E-state index is 13.6. The van der Waals surface area contributed by atoms with E-state index in [4.69, 9.17) is 0 Å². The van der Waals surface area contributed by atoms with Crippen LogP contribution in [-0.2, 0) is 4.79 Å². The van der Waals surface area contributed by atoms with Gasteiger partial charge in [-0.25, -0.2) is 4.39 Å². The molecule has 4 nitrogen and oxygen atoms in total. The van der Waals surface area contributed by atoms with E-state index < -0.39 is 17.8 Å². The highest BCUT2D eigenvalue weighted by Crippen LogP contribution is 2.22. The number of amides is 2. The molecular formula is C19H19FN2O2. The van der Waals surface area contributed by atoms with Crippen LogP contribution >= 0.6 is 0 Å². The first-order valence-electron chi connectivity index (χ1n) is 7.91. The first-order chi connectivity index (χ1) is 11.5. The molecule has 2 aromatic carbocycles. The number of nitrogens with one attached hydrogen (secondary N) is 1. The average Bonchev–Trinajstić information content (AvgIpc) is 2.92. The SMILES string of the molecule is Cc1ccc(N2CCC(NC(=O)c3ccc(C)c(F)c3)C2=O)cc1. The van der Waals surface area contributed by atoms with E-state index in [0.717, 1.165) is 11.3 Å². The summed E-state index contributed by atoms with van der Waals surface area (Å²) in [5.41, 5.74) is 2.65. The number of halogens is 1. The quantitative estimate of drug-likeness (QED) is 0.943. The van der Waals surface area contributed by atoms with Crippen molar-refractivity contribution in [2.45, 2.75) is 26.3 Å². The Balaban J connectivity index is 1.70. The molecule has 1 saturated heterocycles. The lowest BCUT2D eigenvalue weighted by molar-refractivity contribution is -0.118. The van der Waals surface area contributed by atoms with Crippen molar-refractivity contribution in [1.82, 2.24) is 5.32 Å². The van der Waals surface area contributed by atoms with Crippen LogP contribution in [0.15, 0.2) is 42.5 Å². The van der Waals surface area contributed by atoms with Gasteiger partial charge < -0.3 is 10.2 Å². The molecule has 2 amide bonds. The Morgan fingerprint density at radius 3 is 2.54 bits per heavy atom. The Morgan fingerprint density at radius 2 is 1.88 bits per heavy atom. The number of benzene rings is 2. The minimum atomic E-state index is -0.580. The van der Waals surface area contributed by atoms with Gasteiger partial charge in [0.25, 0.3) is 5.91 Å². The molecule has 1 heterocycles. The van der Waals surface area contributed by atoms with E-state index in [2.05, 4.69) is 5.32 Å². The van der Waals surface area contributed by atoms with Gasteiger partial charge in [-0.1, -0.05) is 23.8 Å². The van der Waals surface area contributed by atoms with Gasteiger partial charge in [-0.3, -0.25) is 9.59 Å². The number of anilines is 1. The van der Waals surface area contributed by atoms with Gasteiger partial charge in [-0.05, 0) is 50.1 Å². The van der Waals surface area contributed by atoms with Crippen LogP contribution in [0.25, 0.3) is 0 Å². The zero-order chi connectivity index (χ0) is 17.3. The highest BCUT2D eigenvalue weighted by Gasteiger charge is 2.33. The lowest BCUT2D eigenvalue weighted by atomic mass is 10.1. The van der Waals surface area contributed by atoms with Crippen LogP contribution in [0.3, 0.4) is 0 Å². The largest absolute Gasteiger partial charge is 0.340 e. The second kappa shape index (κ2) is 6.43.